The fourth-order valence-corrected chi connectivity index (χ4v) is 0.865. The van der Waals surface area contributed by atoms with Gasteiger partial charge in [-0.2, -0.15) is 0 Å². The molecule has 1 aliphatic rings. The van der Waals surface area contributed by atoms with E-state index in [4.69, 9.17) is 4.74 Å². The Hall–Kier alpha value is -0.300. The molecule has 0 radical (unpaired) electrons. The van der Waals surface area contributed by atoms with Crippen molar-refractivity contribution in [2.75, 3.05) is 6.61 Å². The maximum absolute atomic E-state index is 5.19. The van der Waals surface area contributed by atoms with Crippen molar-refractivity contribution in [2.45, 2.75) is 38.7 Å². The van der Waals surface area contributed by atoms with Gasteiger partial charge >= 0.3 is 0 Å². The van der Waals surface area contributed by atoms with Gasteiger partial charge in [-0.25, -0.2) is 0 Å². The molecule has 1 unspecified atom stereocenters. The lowest BCUT2D eigenvalue weighted by atomic mass is 10.1. The summed E-state index contributed by atoms with van der Waals surface area (Å²) in [5.41, 5.74) is 0.119. The molecular formula is C9H16O. The summed E-state index contributed by atoms with van der Waals surface area (Å²) in [4.78, 5) is 0. The van der Waals surface area contributed by atoms with E-state index in [1.54, 1.807) is 0 Å². The second kappa shape index (κ2) is 3.20. The number of epoxide rings is 1. The van der Waals surface area contributed by atoms with Gasteiger partial charge in [0, 0.05) is 0 Å². The fraction of sp³-hybridized carbons (Fsp3) is 0.778. The van der Waals surface area contributed by atoms with Gasteiger partial charge in [-0.3, -0.25) is 0 Å². The summed E-state index contributed by atoms with van der Waals surface area (Å²) in [7, 11) is 0. The molecular weight excluding hydrogens is 124 g/mol. The molecule has 0 aromatic heterocycles. The lowest BCUT2D eigenvalue weighted by Crippen LogP contribution is -1.96. The summed E-state index contributed by atoms with van der Waals surface area (Å²) >= 11 is 0. The first-order valence-corrected chi connectivity index (χ1v) is 4.08. The highest BCUT2D eigenvalue weighted by molar-refractivity contribution is 5.06. The van der Waals surface area contributed by atoms with Gasteiger partial charge in [-0.1, -0.05) is 31.9 Å². The van der Waals surface area contributed by atoms with Gasteiger partial charge in [0.05, 0.1) is 6.61 Å². The quantitative estimate of drug-likeness (QED) is 0.332. The van der Waals surface area contributed by atoms with E-state index in [9.17, 15) is 0 Å². The van der Waals surface area contributed by atoms with Gasteiger partial charge in [0.25, 0.3) is 0 Å². The van der Waals surface area contributed by atoms with Gasteiger partial charge in [0.1, 0.15) is 5.60 Å². The summed E-state index contributed by atoms with van der Waals surface area (Å²) in [5.74, 6) is 0. The van der Waals surface area contributed by atoms with Gasteiger partial charge in [-0.05, 0) is 13.3 Å². The third-order valence-electron chi connectivity index (χ3n) is 1.79. The number of hydrogen-bond donors (Lipinski definition) is 0. The zero-order valence-electron chi connectivity index (χ0n) is 6.89. The van der Waals surface area contributed by atoms with Crippen molar-refractivity contribution >= 4 is 0 Å². The molecule has 1 saturated heterocycles. The van der Waals surface area contributed by atoms with Crippen LogP contribution >= 0.6 is 0 Å². The topological polar surface area (TPSA) is 12.5 Å². The van der Waals surface area contributed by atoms with E-state index in [1.165, 1.54) is 19.3 Å². The van der Waals surface area contributed by atoms with Crippen molar-refractivity contribution in [1.29, 1.82) is 0 Å². The summed E-state index contributed by atoms with van der Waals surface area (Å²) in [5, 5.41) is 0. The van der Waals surface area contributed by atoms with Crippen molar-refractivity contribution in [3.05, 3.63) is 12.2 Å². The Labute approximate surface area is 63.1 Å². The highest BCUT2D eigenvalue weighted by atomic mass is 16.6. The minimum atomic E-state index is 0.119. The largest absolute Gasteiger partial charge is 0.365 e. The number of hydrogen-bond acceptors (Lipinski definition) is 1. The maximum atomic E-state index is 5.19. The smallest absolute Gasteiger partial charge is 0.107 e. The first-order chi connectivity index (χ1) is 4.77. The van der Waals surface area contributed by atoms with Crippen LogP contribution in [0.3, 0.4) is 0 Å². The Balaban J connectivity index is 2.05. The molecule has 1 atom stereocenters. The van der Waals surface area contributed by atoms with E-state index in [0.717, 1.165) is 6.61 Å². The van der Waals surface area contributed by atoms with Crippen LogP contribution in [0.2, 0.25) is 0 Å². The molecule has 0 spiro atoms. The molecule has 0 N–H and O–H groups in total. The normalized spacial score (nSPS) is 31.4. The molecule has 10 heavy (non-hydrogen) atoms. The first kappa shape index (κ1) is 7.80. The first-order valence-electron chi connectivity index (χ1n) is 4.08. The van der Waals surface area contributed by atoms with Crippen LogP contribution in [0.25, 0.3) is 0 Å². The minimum Gasteiger partial charge on any atom is -0.365 e. The van der Waals surface area contributed by atoms with Crippen molar-refractivity contribution < 1.29 is 4.74 Å². The molecule has 58 valence electrons. The number of rotatable bonds is 4. The second-order valence-corrected chi connectivity index (χ2v) is 3.15. The summed E-state index contributed by atoms with van der Waals surface area (Å²) in [6, 6.07) is 0. The lowest BCUT2D eigenvalue weighted by Gasteiger charge is -1.93. The Morgan fingerprint density at radius 1 is 1.60 bits per heavy atom. The van der Waals surface area contributed by atoms with Crippen molar-refractivity contribution in [3.8, 4) is 0 Å². The van der Waals surface area contributed by atoms with Gasteiger partial charge in [-0.15, -0.1) is 0 Å². The molecule has 1 heteroatoms. The average Bonchev–Trinajstić information content (AvgIpc) is 2.62. The summed E-state index contributed by atoms with van der Waals surface area (Å²) < 4.78 is 5.19. The summed E-state index contributed by atoms with van der Waals surface area (Å²) in [6.07, 6.45) is 8.20. The molecule has 0 aliphatic carbocycles. The van der Waals surface area contributed by atoms with Crippen LogP contribution in [0.4, 0.5) is 0 Å². The molecule has 0 aromatic carbocycles. The van der Waals surface area contributed by atoms with Crippen LogP contribution in [0.5, 0.6) is 0 Å². The standard InChI is InChI=1S/C9H16O/c1-3-4-5-6-7-9(2)8-10-9/h6-7H,3-5,8H2,1-2H3. The number of unbranched alkanes of at least 4 members (excludes halogenated alkanes) is 2. The van der Waals surface area contributed by atoms with Crippen LogP contribution in [0, 0.1) is 0 Å². The fourth-order valence-electron chi connectivity index (χ4n) is 0.865. The van der Waals surface area contributed by atoms with Crippen LogP contribution < -0.4 is 0 Å². The second-order valence-electron chi connectivity index (χ2n) is 3.15. The predicted molar refractivity (Wildman–Crippen MR) is 43.0 cm³/mol. The Morgan fingerprint density at radius 3 is 2.80 bits per heavy atom. The third kappa shape index (κ3) is 2.53. The molecule has 1 heterocycles. The molecule has 0 saturated carbocycles. The predicted octanol–water partition coefficient (Wildman–Crippen LogP) is 2.52. The zero-order chi connectivity index (χ0) is 7.45. The van der Waals surface area contributed by atoms with E-state index < -0.39 is 0 Å². The molecule has 1 fully saturated rings. The number of ether oxygens (including phenoxy) is 1. The van der Waals surface area contributed by atoms with Crippen LogP contribution in [-0.2, 0) is 4.74 Å². The van der Waals surface area contributed by atoms with E-state index >= 15 is 0 Å². The van der Waals surface area contributed by atoms with E-state index in [2.05, 4.69) is 26.0 Å². The van der Waals surface area contributed by atoms with Gasteiger partial charge in [0.15, 0.2) is 0 Å². The number of allylic oxidation sites excluding steroid dienone is 1. The Bertz CT molecular complexity index is 123. The highest BCUT2D eigenvalue weighted by Gasteiger charge is 2.35. The van der Waals surface area contributed by atoms with E-state index in [0.29, 0.717) is 0 Å². The zero-order valence-corrected chi connectivity index (χ0v) is 6.89. The van der Waals surface area contributed by atoms with Crippen molar-refractivity contribution in [1.82, 2.24) is 0 Å². The lowest BCUT2D eigenvalue weighted by molar-refractivity contribution is 0.369. The van der Waals surface area contributed by atoms with Crippen LogP contribution in [0.15, 0.2) is 12.2 Å². The van der Waals surface area contributed by atoms with Crippen molar-refractivity contribution in [2.24, 2.45) is 0 Å². The molecule has 1 nitrogen and oxygen atoms in total. The van der Waals surface area contributed by atoms with Gasteiger partial charge in [0.2, 0.25) is 0 Å². The van der Waals surface area contributed by atoms with E-state index in [1.807, 2.05) is 0 Å². The molecule has 0 aromatic rings. The third-order valence-corrected chi connectivity index (χ3v) is 1.79. The monoisotopic (exact) mass is 140 g/mol. The van der Waals surface area contributed by atoms with Crippen LogP contribution in [0.1, 0.15) is 33.1 Å². The molecule has 0 bridgehead atoms. The van der Waals surface area contributed by atoms with E-state index in [-0.39, 0.29) is 5.60 Å². The SMILES string of the molecule is CCCCC=CC1(C)CO1. The Kier molecular flexibility index (Phi) is 2.50. The maximum Gasteiger partial charge on any atom is 0.107 e. The van der Waals surface area contributed by atoms with Crippen molar-refractivity contribution in [3.63, 3.8) is 0 Å². The minimum absolute atomic E-state index is 0.119. The summed E-state index contributed by atoms with van der Waals surface area (Å²) in [6.45, 7) is 5.24. The van der Waals surface area contributed by atoms with Gasteiger partial charge < -0.3 is 4.74 Å². The molecule has 0 amide bonds. The molecule has 1 aliphatic heterocycles. The highest BCUT2D eigenvalue weighted by Crippen LogP contribution is 2.27. The van der Waals surface area contributed by atoms with Crippen LogP contribution in [-0.4, -0.2) is 12.2 Å². The average molecular weight is 140 g/mol. The molecule has 1 rings (SSSR count). The Morgan fingerprint density at radius 2 is 2.30 bits per heavy atom.